The molecule has 0 aliphatic heterocycles. The van der Waals surface area contributed by atoms with Crippen molar-refractivity contribution in [1.82, 2.24) is 0 Å². The molecular formula is C14H20O2. The number of carbonyl (C=O) groups excluding carboxylic acids is 2. The summed E-state index contributed by atoms with van der Waals surface area (Å²) >= 11 is 0. The molecular weight excluding hydrogens is 200 g/mol. The lowest BCUT2D eigenvalue weighted by Crippen LogP contribution is -2.49. The first-order chi connectivity index (χ1) is 7.79. The maximum atomic E-state index is 12.1. The van der Waals surface area contributed by atoms with E-state index in [-0.39, 0.29) is 23.4 Å². The van der Waals surface area contributed by atoms with Gasteiger partial charge in [0, 0.05) is 11.8 Å². The Hall–Kier alpha value is -0.660. The summed E-state index contributed by atoms with van der Waals surface area (Å²) in [4.78, 5) is 24.1. The van der Waals surface area contributed by atoms with Gasteiger partial charge in [-0.2, -0.15) is 0 Å². The van der Waals surface area contributed by atoms with E-state index in [0.29, 0.717) is 11.8 Å². The molecule has 0 N–H and O–H groups in total. The van der Waals surface area contributed by atoms with E-state index in [0.717, 1.165) is 25.7 Å². The Kier molecular flexibility index (Phi) is 2.61. The van der Waals surface area contributed by atoms with Gasteiger partial charge in [0.2, 0.25) is 11.6 Å². The predicted octanol–water partition coefficient (Wildman–Crippen LogP) is 2.75. The van der Waals surface area contributed by atoms with Gasteiger partial charge in [0.25, 0.3) is 0 Å². The maximum absolute atomic E-state index is 12.1. The molecule has 2 heteroatoms. The third kappa shape index (κ3) is 1.46. The Bertz CT molecular complexity index is 289. The Balaban J connectivity index is 1.90. The van der Waals surface area contributed by atoms with Crippen molar-refractivity contribution in [3.05, 3.63) is 0 Å². The van der Waals surface area contributed by atoms with Crippen LogP contribution in [-0.4, -0.2) is 11.6 Å². The van der Waals surface area contributed by atoms with E-state index in [1.807, 2.05) is 0 Å². The number of fused-ring (bicyclic) bond motifs is 3. The van der Waals surface area contributed by atoms with Gasteiger partial charge in [0.05, 0.1) is 0 Å². The molecule has 3 saturated carbocycles. The van der Waals surface area contributed by atoms with Crippen molar-refractivity contribution >= 4 is 11.6 Å². The molecule has 3 rings (SSSR count). The van der Waals surface area contributed by atoms with Gasteiger partial charge in [-0.1, -0.05) is 25.7 Å². The van der Waals surface area contributed by atoms with Crippen molar-refractivity contribution in [3.8, 4) is 0 Å². The summed E-state index contributed by atoms with van der Waals surface area (Å²) in [5.74, 6) is 1.33. The highest BCUT2D eigenvalue weighted by Gasteiger charge is 2.49. The molecule has 0 unspecified atom stereocenters. The molecule has 0 saturated heterocycles. The second-order valence-electron chi connectivity index (χ2n) is 5.84. The number of hydrogen-bond acceptors (Lipinski definition) is 2. The molecule has 3 aliphatic rings. The number of ketones is 2. The SMILES string of the molecule is O=C1C(=O)[C@@H]2CCCC[C@H]2[C@@H]2CCCC[C@H]12. The van der Waals surface area contributed by atoms with Gasteiger partial charge in [-0.05, 0) is 37.5 Å². The second kappa shape index (κ2) is 3.97. The molecule has 3 fully saturated rings. The maximum Gasteiger partial charge on any atom is 0.202 e. The van der Waals surface area contributed by atoms with E-state index in [4.69, 9.17) is 0 Å². The monoisotopic (exact) mass is 220 g/mol. The lowest BCUT2D eigenvalue weighted by atomic mass is 9.57. The van der Waals surface area contributed by atoms with Crippen LogP contribution in [0.3, 0.4) is 0 Å². The minimum Gasteiger partial charge on any atom is -0.291 e. The fraction of sp³-hybridized carbons (Fsp3) is 0.857. The molecule has 0 aromatic heterocycles. The van der Waals surface area contributed by atoms with Gasteiger partial charge >= 0.3 is 0 Å². The number of hydrogen-bond donors (Lipinski definition) is 0. The fourth-order valence-corrected chi connectivity index (χ4v) is 4.36. The smallest absolute Gasteiger partial charge is 0.202 e. The first-order valence-corrected chi connectivity index (χ1v) is 6.87. The first-order valence-electron chi connectivity index (χ1n) is 6.87. The summed E-state index contributed by atoms with van der Waals surface area (Å²) in [6, 6.07) is 0. The van der Waals surface area contributed by atoms with Crippen LogP contribution in [0.15, 0.2) is 0 Å². The Morgan fingerprint density at radius 2 is 1.00 bits per heavy atom. The Morgan fingerprint density at radius 1 is 0.625 bits per heavy atom. The van der Waals surface area contributed by atoms with Crippen LogP contribution in [0.5, 0.6) is 0 Å². The first kappa shape index (κ1) is 10.5. The second-order valence-corrected chi connectivity index (χ2v) is 5.84. The molecule has 16 heavy (non-hydrogen) atoms. The summed E-state index contributed by atoms with van der Waals surface area (Å²) in [5, 5.41) is 0. The molecule has 0 spiro atoms. The zero-order valence-corrected chi connectivity index (χ0v) is 9.78. The lowest BCUT2D eigenvalue weighted by molar-refractivity contribution is -0.151. The van der Waals surface area contributed by atoms with Crippen LogP contribution in [0.2, 0.25) is 0 Å². The van der Waals surface area contributed by atoms with Crippen LogP contribution in [0.4, 0.5) is 0 Å². The van der Waals surface area contributed by atoms with Gasteiger partial charge in [-0.15, -0.1) is 0 Å². The van der Waals surface area contributed by atoms with Gasteiger partial charge in [0.1, 0.15) is 0 Å². The molecule has 0 aromatic rings. The average Bonchev–Trinajstić information content (AvgIpc) is 2.36. The zero-order chi connectivity index (χ0) is 11.1. The van der Waals surface area contributed by atoms with E-state index < -0.39 is 0 Å². The molecule has 0 radical (unpaired) electrons. The van der Waals surface area contributed by atoms with Crippen molar-refractivity contribution in [2.75, 3.05) is 0 Å². The predicted molar refractivity (Wildman–Crippen MR) is 60.9 cm³/mol. The third-order valence-corrected chi connectivity index (χ3v) is 5.11. The topological polar surface area (TPSA) is 34.1 Å². The van der Waals surface area contributed by atoms with Crippen LogP contribution in [-0.2, 0) is 9.59 Å². The van der Waals surface area contributed by atoms with Gasteiger partial charge in [-0.3, -0.25) is 9.59 Å². The van der Waals surface area contributed by atoms with E-state index in [2.05, 4.69) is 0 Å². The van der Waals surface area contributed by atoms with Crippen LogP contribution in [0, 0.1) is 23.7 Å². The minimum atomic E-state index is -0.00662. The van der Waals surface area contributed by atoms with E-state index >= 15 is 0 Å². The average molecular weight is 220 g/mol. The normalized spacial score (nSPS) is 43.8. The summed E-state index contributed by atoms with van der Waals surface area (Å²) in [6.07, 6.45) is 9.21. The number of rotatable bonds is 0. The van der Waals surface area contributed by atoms with Crippen molar-refractivity contribution in [2.24, 2.45) is 23.7 Å². The quantitative estimate of drug-likeness (QED) is 0.588. The van der Waals surface area contributed by atoms with Gasteiger partial charge in [0.15, 0.2) is 0 Å². The van der Waals surface area contributed by atoms with Crippen molar-refractivity contribution in [3.63, 3.8) is 0 Å². The number of carbonyl (C=O) groups is 2. The van der Waals surface area contributed by atoms with E-state index in [9.17, 15) is 9.59 Å². The molecule has 0 bridgehead atoms. The highest BCUT2D eigenvalue weighted by molar-refractivity contribution is 6.39. The van der Waals surface area contributed by atoms with Crippen LogP contribution in [0.25, 0.3) is 0 Å². The van der Waals surface area contributed by atoms with E-state index in [1.54, 1.807) is 0 Å². The molecule has 3 aliphatic carbocycles. The Labute approximate surface area is 96.8 Å². The van der Waals surface area contributed by atoms with Crippen molar-refractivity contribution < 1.29 is 9.59 Å². The highest BCUT2D eigenvalue weighted by atomic mass is 16.2. The molecule has 0 amide bonds. The molecule has 2 nitrogen and oxygen atoms in total. The molecule has 4 atom stereocenters. The highest BCUT2D eigenvalue weighted by Crippen LogP contribution is 2.48. The van der Waals surface area contributed by atoms with Crippen LogP contribution >= 0.6 is 0 Å². The van der Waals surface area contributed by atoms with Crippen molar-refractivity contribution in [2.45, 2.75) is 51.4 Å². The zero-order valence-electron chi connectivity index (χ0n) is 9.78. The summed E-state index contributed by atoms with van der Waals surface area (Å²) in [5.41, 5.74) is 0. The molecule has 88 valence electrons. The molecule has 0 aromatic carbocycles. The lowest BCUT2D eigenvalue weighted by Gasteiger charge is -2.45. The largest absolute Gasteiger partial charge is 0.291 e. The standard InChI is InChI=1S/C14H20O2/c15-13-11-7-3-1-5-9(11)10-6-2-4-8-12(10)14(13)16/h9-12H,1-8H2/t9-,10-,11-,12+/m0/s1. The third-order valence-electron chi connectivity index (χ3n) is 5.11. The van der Waals surface area contributed by atoms with Crippen molar-refractivity contribution in [1.29, 1.82) is 0 Å². The fourth-order valence-electron chi connectivity index (χ4n) is 4.36. The summed E-state index contributed by atoms with van der Waals surface area (Å²) in [7, 11) is 0. The van der Waals surface area contributed by atoms with Gasteiger partial charge in [-0.25, -0.2) is 0 Å². The molecule has 0 heterocycles. The Morgan fingerprint density at radius 3 is 1.44 bits per heavy atom. The van der Waals surface area contributed by atoms with Gasteiger partial charge < -0.3 is 0 Å². The summed E-state index contributed by atoms with van der Waals surface area (Å²) in [6.45, 7) is 0. The number of Topliss-reactive ketones (excluding diaryl/α,β-unsaturated/α-hetero) is 2. The van der Waals surface area contributed by atoms with E-state index in [1.165, 1.54) is 25.7 Å². The summed E-state index contributed by atoms with van der Waals surface area (Å²) < 4.78 is 0. The minimum absolute atomic E-state index is 0.00662. The van der Waals surface area contributed by atoms with Crippen LogP contribution < -0.4 is 0 Å². The van der Waals surface area contributed by atoms with Crippen LogP contribution in [0.1, 0.15) is 51.4 Å².